The molecule has 0 saturated heterocycles. The van der Waals surface area contributed by atoms with Crippen LogP contribution >= 0.6 is 15.9 Å². The topological polar surface area (TPSA) is 84.3 Å². The second-order valence-corrected chi connectivity index (χ2v) is 7.87. The van der Waals surface area contributed by atoms with Gasteiger partial charge in [-0.25, -0.2) is 17.4 Å². The minimum Gasteiger partial charge on any atom is -0.382 e. The lowest BCUT2D eigenvalue weighted by Crippen LogP contribution is -2.29. The van der Waals surface area contributed by atoms with E-state index in [2.05, 4.69) is 26.3 Å². The molecule has 0 aliphatic carbocycles. The van der Waals surface area contributed by atoms with E-state index in [1.54, 1.807) is 0 Å². The molecule has 0 saturated carbocycles. The van der Waals surface area contributed by atoms with Gasteiger partial charge in [0.15, 0.2) is 0 Å². The smallest absolute Gasteiger partial charge is 0.283 e. The van der Waals surface area contributed by atoms with Gasteiger partial charge in [0.25, 0.3) is 5.56 Å². The first-order chi connectivity index (χ1) is 9.79. The second kappa shape index (κ2) is 7.90. The normalized spacial score (nSPS) is 11.9. The molecule has 0 bridgehead atoms. The number of anilines is 1. The molecule has 21 heavy (non-hydrogen) atoms. The van der Waals surface area contributed by atoms with Gasteiger partial charge in [-0.2, -0.15) is 5.10 Å². The van der Waals surface area contributed by atoms with Crippen LogP contribution in [0.3, 0.4) is 0 Å². The number of aryl methyl sites for hydroxylation is 1. The Balaban J connectivity index is 2.74. The lowest BCUT2D eigenvalue weighted by Gasteiger charge is -2.13. The van der Waals surface area contributed by atoms with Gasteiger partial charge in [0.1, 0.15) is 4.47 Å². The maximum atomic E-state index is 12.1. The molecule has 0 aromatic carbocycles. The number of aromatic nitrogens is 2. The van der Waals surface area contributed by atoms with Crippen LogP contribution < -0.4 is 10.9 Å². The summed E-state index contributed by atoms with van der Waals surface area (Å²) in [5, 5.41) is 7.00. The fourth-order valence-electron chi connectivity index (χ4n) is 1.55. The Kier molecular flexibility index (Phi) is 6.82. The first kappa shape index (κ1) is 18.1. The van der Waals surface area contributed by atoms with Crippen LogP contribution in [-0.4, -0.2) is 48.9 Å². The largest absolute Gasteiger partial charge is 0.382 e. The predicted octanol–water partition coefficient (Wildman–Crippen LogP) is 1.11. The number of rotatable bonds is 8. The Hall–Kier alpha value is -0.930. The van der Waals surface area contributed by atoms with Crippen LogP contribution in [0.1, 0.15) is 19.8 Å². The molecule has 1 aromatic heterocycles. The summed E-state index contributed by atoms with van der Waals surface area (Å²) >= 11 is 3.24. The minimum atomic E-state index is -3.26. The van der Waals surface area contributed by atoms with Crippen molar-refractivity contribution >= 4 is 31.6 Å². The van der Waals surface area contributed by atoms with Crippen LogP contribution in [0.25, 0.3) is 0 Å². The summed E-state index contributed by atoms with van der Waals surface area (Å²) in [6.45, 7) is 2.82. The molecular weight excluding hydrogens is 360 g/mol. The molecule has 120 valence electrons. The van der Waals surface area contributed by atoms with Crippen molar-refractivity contribution in [1.82, 2.24) is 14.1 Å². The van der Waals surface area contributed by atoms with Crippen molar-refractivity contribution in [2.75, 3.05) is 31.7 Å². The number of unbranched alkanes of at least 4 members (excludes halogenated alkanes) is 1. The maximum absolute atomic E-state index is 12.1. The highest BCUT2D eigenvalue weighted by molar-refractivity contribution is 9.10. The zero-order valence-corrected chi connectivity index (χ0v) is 14.9. The van der Waals surface area contributed by atoms with E-state index in [9.17, 15) is 13.2 Å². The molecule has 1 aromatic rings. The monoisotopic (exact) mass is 380 g/mol. The highest BCUT2D eigenvalue weighted by Gasteiger charge is 2.14. The van der Waals surface area contributed by atoms with Crippen LogP contribution in [0.5, 0.6) is 0 Å². The predicted molar refractivity (Wildman–Crippen MR) is 87.1 cm³/mol. The molecular formula is C12H21BrN4O3S. The van der Waals surface area contributed by atoms with E-state index in [-0.39, 0.29) is 17.9 Å². The van der Waals surface area contributed by atoms with Crippen LogP contribution in [0, 0.1) is 0 Å². The van der Waals surface area contributed by atoms with Crippen LogP contribution in [0.4, 0.5) is 5.69 Å². The molecule has 7 nitrogen and oxygen atoms in total. The highest BCUT2D eigenvalue weighted by Crippen LogP contribution is 2.16. The average Bonchev–Trinajstić information content (AvgIpc) is 2.42. The van der Waals surface area contributed by atoms with Gasteiger partial charge in [-0.15, -0.1) is 0 Å². The fraction of sp³-hybridized carbons (Fsp3) is 0.667. The molecule has 0 unspecified atom stereocenters. The first-order valence-electron chi connectivity index (χ1n) is 6.69. The van der Waals surface area contributed by atoms with Crippen molar-refractivity contribution in [3.63, 3.8) is 0 Å². The molecule has 9 heteroatoms. The van der Waals surface area contributed by atoms with Gasteiger partial charge < -0.3 is 5.32 Å². The van der Waals surface area contributed by atoms with Crippen molar-refractivity contribution in [1.29, 1.82) is 0 Å². The van der Waals surface area contributed by atoms with E-state index >= 15 is 0 Å². The zero-order chi connectivity index (χ0) is 16.0. The van der Waals surface area contributed by atoms with E-state index in [0.717, 1.165) is 12.8 Å². The van der Waals surface area contributed by atoms with Crippen LogP contribution in [0.15, 0.2) is 15.5 Å². The molecule has 0 aliphatic heterocycles. The van der Waals surface area contributed by atoms with E-state index in [1.807, 2.05) is 6.92 Å². The van der Waals surface area contributed by atoms with E-state index in [0.29, 0.717) is 16.7 Å². The van der Waals surface area contributed by atoms with Gasteiger partial charge in [-0.1, -0.05) is 13.3 Å². The number of nitrogens with zero attached hydrogens (tertiary/aromatic N) is 3. The molecule has 0 radical (unpaired) electrons. The van der Waals surface area contributed by atoms with Gasteiger partial charge in [0.2, 0.25) is 10.0 Å². The lowest BCUT2D eigenvalue weighted by molar-refractivity contribution is 0.521. The van der Waals surface area contributed by atoms with Crippen LogP contribution in [-0.2, 0) is 16.6 Å². The molecule has 0 amide bonds. The summed E-state index contributed by atoms with van der Waals surface area (Å²) < 4.78 is 26.2. The maximum Gasteiger partial charge on any atom is 0.283 e. The standard InChI is InChI=1S/C12H21BrN4O3S/c1-4-5-7-17-12(18)11(13)10(9-15-17)14-6-8-21(19,20)16(2)3/h9,14H,4-8H2,1-3H3. The number of hydrogen-bond acceptors (Lipinski definition) is 5. The van der Waals surface area contributed by atoms with Crippen LogP contribution in [0.2, 0.25) is 0 Å². The second-order valence-electron chi connectivity index (χ2n) is 4.78. The first-order valence-corrected chi connectivity index (χ1v) is 9.09. The number of halogens is 1. The number of hydrogen-bond donors (Lipinski definition) is 1. The number of sulfonamides is 1. The van der Waals surface area contributed by atoms with Gasteiger partial charge in [-0.3, -0.25) is 4.79 Å². The summed E-state index contributed by atoms with van der Waals surface area (Å²) in [4.78, 5) is 12.1. The van der Waals surface area contributed by atoms with E-state index in [1.165, 1.54) is 29.3 Å². The summed E-state index contributed by atoms with van der Waals surface area (Å²) in [7, 11) is -0.284. The lowest BCUT2D eigenvalue weighted by atomic mass is 10.3. The Labute approximate surface area is 133 Å². The van der Waals surface area contributed by atoms with Crippen molar-refractivity contribution in [2.24, 2.45) is 0 Å². The molecule has 0 aliphatic rings. The summed E-state index contributed by atoms with van der Waals surface area (Å²) in [6.07, 6.45) is 3.39. The summed E-state index contributed by atoms with van der Waals surface area (Å²) in [5.74, 6) is -0.0502. The van der Waals surface area contributed by atoms with Crippen molar-refractivity contribution < 1.29 is 8.42 Å². The Morgan fingerprint density at radius 2 is 2.10 bits per heavy atom. The molecule has 1 heterocycles. The van der Waals surface area contributed by atoms with E-state index < -0.39 is 10.0 Å². The zero-order valence-electron chi connectivity index (χ0n) is 12.5. The number of nitrogens with one attached hydrogen (secondary N) is 1. The quantitative estimate of drug-likeness (QED) is 0.729. The van der Waals surface area contributed by atoms with Crippen molar-refractivity contribution in [3.8, 4) is 0 Å². The summed E-state index contributed by atoms with van der Waals surface area (Å²) in [5.41, 5.74) is 0.283. The van der Waals surface area contributed by atoms with Gasteiger partial charge in [0, 0.05) is 27.2 Å². The third-order valence-corrected chi connectivity index (χ3v) is 5.54. The molecule has 0 atom stereocenters. The molecule has 1 rings (SSSR count). The minimum absolute atomic E-state index is 0.0502. The summed E-state index contributed by atoms with van der Waals surface area (Å²) in [6, 6.07) is 0. The molecule has 0 fully saturated rings. The Morgan fingerprint density at radius 3 is 2.67 bits per heavy atom. The van der Waals surface area contributed by atoms with E-state index in [4.69, 9.17) is 0 Å². The Morgan fingerprint density at radius 1 is 1.43 bits per heavy atom. The fourth-order valence-corrected chi connectivity index (χ4v) is 2.73. The average molecular weight is 381 g/mol. The van der Waals surface area contributed by atoms with Gasteiger partial charge >= 0.3 is 0 Å². The SMILES string of the molecule is CCCCn1ncc(NCCS(=O)(=O)N(C)C)c(Br)c1=O. The third kappa shape index (κ3) is 5.08. The Bertz CT molecular complexity index is 628. The van der Waals surface area contributed by atoms with Crippen molar-refractivity contribution in [2.45, 2.75) is 26.3 Å². The van der Waals surface area contributed by atoms with Crippen molar-refractivity contribution in [3.05, 3.63) is 21.0 Å². The molecule has 0 spiro atoms. The van der Waals surface area contributed by atoms with Gasteiger partial charge in [-0.05, 0) is 22.4 Å². The molecule has 1 N–H and O–H groups in total. The van der Waals surface area contributed by atoms with Gasteiger partial charge in [0.05, 0.1) is 17.6 Å². The third-order valence-electron chi connectivity index (χ3n) is 2.94. The highest BCUT2D eigenvalue weighted by atomic mass is 79.9.